The van der Waals surface area contributed by atoms with Crippen molar-refractivity contribution in [2.45, 2.75) is 6.54 Å². The molecule has 1 amide bonds. The largest absolute Gasteiger partial charge is 0.395 e. The van der Waals surface area contributed by atoms with E-state index in [9.17, 15) is 9.59 Å². The predicted molar refractivity (Wildman–Crippen MR) is 122 cm³/mol. The molecule has 2 aromatic heterocycles. The van der Waals surface area contributed by atoms with Crippen LogP contribution in [0.3, 0.4) is 0 Å². The molecular weight excluding hydrogens is 420 g/mol. The molecule has 1 aliphatic rings. The van der Waals surface area contributed by atoms with Gasteiger partial charge in [0.15, 0.2) is 0 Å². The fourth-order valence-electron chi connectivity index (χ4n) is 3.08. The van der Waals surface area contributed by atoms with Gasteiger partial charge in [-0.1, -0.05) is 60.4 Å². The number of carbonyl (C=O) groups is 1. The van der Waals surface area contributed by atoms with Gasteiger partial charge in [0.05, 0.1) is 23.6 Å². The molecule has 0 saturated carbocycles. The lowest BCUT2D eigenvalue weighted by atomic mass is 10.2. The third-order valence-electron chi connectivity index (χ3n) is 4.51. The Morgan fingerprint density at radius 1 is 1.13 bits per heavy atom. The second-order valence-corrected chi connectivity index (χ2v) is 8.19. The number of amides is 1. The van der Waals surface area contributed by atoms with Gasteiger partial charge in [0, 0.05) is 12.7 Å². The third kappa shape index (κ3) is 4.00. The Bertz CT molecular complexity index is 1210. The van der Waals surface area contributed by atoms with Gasteiger partial charge in [-0.2, -0.15) is 0 Å². The van der Waals surface area contributed by atoms with Crippen LogP contribution >= 0.6 is 24.0 Å². The number of nitrogens with one attached hydrogen (secondary N) is 1. The Hall–Kier alpha value is -3.01. The van der Waals surface area contributed by atoms with Gasteiger partial charge in [-0.3, -0.25) is 18.9 Å². The maximum atomic E-state index is 13.1. The van der Waals surface area contributed by atoms with E-state index < -0.39 is 0 Å². The number of pyridine rings is 1. The lowest BCUT2D eigenvalue weighted by Crippen LogP contribution is -2.27. The number of hydrogen-bond acceptors (Lipinski definition) is 7. The summed E-state index contributed by atoms with van der Waals surface area (Å²) < 4.78 is 1.86. The third-order valence-corrected chi connectivity index (χ3v) is 5.88. The van der Waals surface area contributed by atoms with Gasteiger partial charge in [-0.15, -0.1) is 0 Å². The van der Waals surface area contributed by atoms with Crippen LogP contribution in [0.15, 0.2) is 64.4 Å². The van der Waals surface area contributed by atoms with Crippen molar-refractivity contribution in [3.05, 3.63) is 81.1 Å². The number of thioether (sulfide) groups is 1. The zero-order valence-corrected chi connectivity index (χ0v) is 17.4. The highest BCUT2D eigenvalue weighted by molar-refractivity contribution is 8.26. The molecule has 4 rings (SSSR count). The van der Waals surface area contributed by atoms with Crippen LogP contribution in [-0.2, 0) is 11.3 Å². The van der Waals surface area contributed by atoms with Crippen molar-refractivity contribution in [3.8, 4) is 0 Å². The molecule has 1 aliphatic heterocycles. The Morgan fingerprint density at radius 2 is 1.90 bits per heavy atom. The van der Waals surface area contributed by atoms with Crippen LogP contribution in [0.1, 0.15) is 11.1 Å². The van der Waals surface area contributed by atoms with Crippen LogP contribution < -0.4 is 10.9 Å². The van der Waals surface area contributed by atoms with E-state index in [4.69, 9.17) is 17.3 Å². The van der Waals surface area contributed by atoms with Crippen molar-refractivity contribution >= 4 is 51.7 Å². The summed E-state index contributed by atoms with van der Waals surface area (Å²) in [5.74, 6) is 0.0631. The van der Waals surface area contributed by atoms with Gasteiger partial charge in [0.1, 0.15) is 15.8 Å². The van der Waals surface area contributed by atoms with E-state index in [0.29, 0.717) is 27.2 Å². The van der Waals surface area contributed by atoms with E-state index in [2.05, 4.69) is 10.3 Å². The van der Waals surface area contributed by atoms with Gasteiger partial charge in [-0.05, 0) is 23.8 Å². The molecule has 1 saturated heterocycles. The molecule has 0 bridgehead atoms. The van der Waals surface area contributed by atoms with Crippen molar-refractivity contribution in [3.63, 3.8) is 0 Å². The molecule has 0 aliphatic carbocycles. The van der Waals surface area contributed by atoms with Crippen molar-refractivity contribution in [2.75, 3.05) is 18.5 Å². The maximum absolute atomic E-state index is 13.1. The number of aliphatic hydroxyl groups is 1. The van der Waals surface area contributed by atoms with E-state index in [1.54, 1.807) is 24.4 Å². The quantitative estimate of drug-likeness (QED) is 0.452. The Morgan fingerprint density at radius 3 is 2.67 bits per heavy atom. The minimum absolute atomic E-state index is 0.117. The number of thiocarbonyl (C=S) groups is 1. The number of fused-ring (bicyclic) bond motifs is 1. The molecule has 1 fully saturated rings. The maximum Gasteiger partial charge on any atom is 0.267 e. The smallest absolute Gasteiger partial charge is 0.267 e. The summed E-state index contributed by atoms with van der Waals surface area (Å²) in [7, 11) is 0. The number of nitrogens with zero attached hydrogens (tertiary/aromatic N) is 3. The zero-order chi connectivity index (χ0) is 21.1. The van der Waals surface area contributed by atoms with Crippen LogP contribution in [0.4, 0.5) is 5.82 Å². The van der Waals surface area contributed by atoms with Crippen molar-refractivity contribution in [1.29, 1.82) is 0 Å². The van der Waals surface area contributed by atoms with Gasteiger partial charge >= 0.3 is 0 Å². The fourth-order valence-corrected chi connectivity index (χ4v) is 4.31. The van der Waals surface area contributed by atoms with Crippen LogP contribution in [0.25, 0.3) is 11.7 Å². The lowest BCUT2D eigenvalue weighted by Gasteiger charge is -2.14. The van der Waals surface area contributed by atoms with Crippen molar-refractivity contribution < 1.29 is 9.90 Å². The minimum Gasteiger partial charge on any atom is -0.395 e. The second kappa shape index (κ2) is 8.78. The standard InChI is InChI=1S/C21H18N4O3S2/c26-11-9-22-18-15(19(27)24-10-5-4-8-17(24)23-18)12-16-20(28)25(21(29)30-16)13-14-6-2-1-3-7-14/h1-8,10,12,22,26H,9,11,13H2/b16-12-. The molecule has 3 heterocycles. The summed E-state index contributed by atoms with van der Waals surface area (Å²) in [5, 5.41) is 12.1. The monoisotopic (exact) mass is 438 g/mol. The summed E-state index contributed by atoms with van der Waals surface area (Å²) in [6.07, 6.45) is 3.15. The highest BCUT2D eigenvalue weighted by Crippen LogP contribution is 2.34. The number of aromatic nitrogens is 2. The van der Waals surface area contributed by atoms with Crippen molar-refractivity contribution in [1.82, 2.24) is 14.3 Å². The lowest BCUT2D eigenvalue weighted by molar-refractivity contribution is -0.122. The molecule has 0 atom stereocenters. The van der Waals surface area contributed by atoms with Gasteiger partial charge < -0.3 is 10.4 Å². The van der Waals surface area contributed by atoms with Gasteiger partial charge in [-0.25, -0.2) is 4.98 Å². The van der Waals surface area contributed by atoms with Crippen LogP contribution in [0.2, 0.25) is 0 Å². The van der Waals surface area contributed by atoms with E-state index >= 15 is 0 Å². The Balaban J connectivity index is 1.73. The Labute approximate surface area is 182 Å². The second-order valence-electron chi connectivity index (χ2n) is 6.51. The molecule has 9 heteroatoms. The molecule has 3 aromatic rings. The molecule has 1 aromatic carbocycles. The molecule has 2 N–H and O–H groups in total. The highest BCUT2D eigenvalue weighted by Gasteiger charge is 2.32. The first kappa shape index (κ1) is 20.3. The number of anilines is 1. The van der Waals surface area contributed by atoms with Crippen LogP contribution in [0, 0.1) is 0 Å². The molecule has 152 valence electrons. The first-order chi connectivity index (χ1) is 14.6. The summed E-state index contributed by atoms with van der Waals surface area (Å²) in [6, 6.07) is 14.8. The van der Waals surface area contributed by atoms with E-state index in [0.717, 1.165) is 17.3 Å². The average Bonchev–Trinajstić information content (AvgIpc) is 3.02. The van der Waals surface area contributed by atoms with Crippen LogP contribution in [0.5, 0.6) is 0 Å². The van der Waals surface area contributed by atoms with Gasteiger partial charge in [0.25, 0.3) is 11.5 Å². The number of carbonyl (C=O) groups excluding carboxylic acids is 1. The number of hydrogen-bond donors (Lipinski definition) is 2. The molecule has 0 spiro atoms. The summed E-state index contributed by atoms with van der Waals surface area (Å²) >= 11 is 6.56. The molecule has 0 unspecified atom stereocenters. The SMILES string of the molecule is O=C1/C(=C/c2c(NCCO)nc3ccccn3c2=O)SC(=S)N1Cc1ccccc1. The minimum atomic E-state index is -0.311. The first-order valence-corrected chi connectivity index (χ1v) is 10.5. The van der Waals surface area contributed by atoms with E-state index in [1.165, 1.54) is 15.4 Å². The number of benzene rings is 1. The topological polar surface area (TPSA) is 86.9 Å². The fraction of sp³-hybridized carbons (Fsp3) is 0.143. The summed E-state index contributed by atoms with van der Waals surface area (Å²) in [4.78, 5) is 32.4. The molecular formula is C21H18N4O3S2. The van der Waals surface area contributed by atoms with Gasteiger partial charge in [0.2, 0.25) is 0 Å². The number of rotatable bonds is 6. The highest BCUT2D eigenvalue weighted by atomic mass is 32.2. The predicted octanol–water partition coefficient (Wildman–Crippen LogP) is 2.50. The Kier molecular flexibility index (Phi) is 5.93. The van der Waals surface area contributed by atoms with Crippen LogP contribution in [-0.4, -0.2) is 42.8 Å². The molecule has 30 heavy (non-hydrogen) atoms. The summed E-state index contributed by atoms with van der Waals surface area (Å²) in [5.41, 5.74) is 1.37. The normalized spacial score (nSPS) is 15.4. The molecule has 7 nitrogen and oxygen atoms in total. The number of aliphatic hydroxyl groups excluding tert-OH is 1. The van der Waals surface area contributed by atoms with E-state index in [-0.39, 0.29) is 30.2 Å². The summed E-state index contributed by atoms with van der Waals surface area (Å²) in [6.45, 7) is 0.479. The average molecular weight is 439 g/mol. The zero-order valence-electron chi connectivity index (χ0n) is 15.8. The van der Waals surface area contributed by atoms with E-state index in [1.807, 2.05) is 30.3 Å². The van der Waals surface area contributed by atoms with Crippen molar-refractivity contribution in [2.24, 2.45) is 0 Å². The first-order valence-electron chi connectivity index (χ1n) is 9.24. The molecule has 0 radical (unpaired) electrons.